The number of anilines is 2. The summed E-state index contributed by atoms with van der Waals surface area (Å²) in [6.07, 6.45) is 5.04. The topological polar surface area (TPSA) is 162 Å². The summed E-state index contributed by atoms with van der Waals surface area (Å²) in [6.45, 7) is 6.82. The highest BCUT2D eigenvalue weighted by atomic mass is 16.5. The van der Waals surface area contributed by atoms with Gasteiger partial charge in [-0.2, -0.15) is 0 Å². The number of amides is 2. The van der Waals surface area contributed by atoms with Crippen LogP contribution in [0.25, 0.3) is 11.0 Å². The molecule has 46 heavy (non-hydrogen) atoms. The molecule has 2 aromatic carbocycles. The fraction of sp³-hybridized carbons (Fsp3) is 0.353. The number of hydrogen-bond acceptors (Lipinski definition) is 9. The minimum absolute atomic E-state index is 0.0364. The van der Waals surface area contributed by atoms with Gasteiger partial charge in [0.15, 0.2) is 0 Å². The maximum atomic E-state index is 13.8. The number of pyridine rings is 1. The van der Waals surface area contributed by atoms with Gasteiger partial charge in [0.2, 0.25) is 0 Å². The number of unbranched alkanes of at least 4 members (excludes halogenated alkanes) is 3. The van der Waals surface area contributed by atoms with E-state index in [-0.39, 0.29) is 37.3 Å². The van der Waals surface area contributed by atoms with Crippen LogP contribution in [-0.2, 0) is 20.8 Å². The fourth-order valence-electron chi connectivity index (χ4n) is 4.84. The molecule has 4 aromatic rings. The zero-order chi connectivity index (χ0) is 32.9. The summed E-state index contributed by atoms with van der Waals surface area (Å²) in [7, 11) is 0. The van der Waals surface area contributed by atoms with Crippen LogP contribution in [0, 0.1) is 12.3 Å². The van der Waals surface area contributed by atoms with Crippen molar-refractivity contribution in [2.45, 2.75) is 59.4 Å². The van der Waals surface area contributed by atoms with Crippen LogP contribution in [0.1, 0.15) is 73.3 Å². The normalized spacial score (nSPS) is 10.8. The predicted molar refractivity (Wildman–Crippen MR) is 177 cm³/mol. The zero-order valence-corrected chi connectivity index (χ0v) is 26.5. The molecule has 0 saturated carbocycles. The Morgan fingerprint density at radius 2 is 1.78 bits per heavy atom. The summed E-state index contributed by atoms with van der Waals surface area (Å²) in [5.41, 5.74) is 3.97. The van der Waals surface area contributed by atoms with Gasteiger partial charge in [-0.05, 0) is 74.4 Å². The molecule has 0 unspecified atom stereocenters. The number of H-pyrrole nitrogens is 1. The Labute approximate surface area is 268 Å². The SMILES string of the molecule is CCCCCCOC(=O)NC(=N)c1ccc(NCc2nc3c(C)c(C(=O)N(CCC(=O)OCC)c4ccccn4)ccc3[nH]2)cc1. The molecule has 242 valence electrons. The van der Waals surface area contributed by atoms with Crippen molar-refractivity contribution in [1.29, 1.82) is 5.41 Å². The first-order chi connectivity index (χ1) is 22.3. The molecule has 0 fully saturated rings. The Balaban J connectivity index is 1.38. The molecular formula is C34H41N7O5. The number of esters is 1. The third kappa shape index (κ3) is 9.13. The van der Waals surface area contributed by atoms with Gasteiger partial charge in [0.1, 0.15) is 17.5 Å². The van der Waals surface area contributed by atoms with Crippen molar-refractivity contribution in [2.75, 3.05) is 30.0 Å². The number of aromatic nitrogens is 3. The largest absolute Gasteiger partial charge is 0.466 e. The summed E-state index contributed by atoms with van der Waals surface area (Å²) >= 11 is 0. The number of hydrogen-bond donors (Lipinski definition) is 4. The lowest BCUT2D eigenvalue weighted by atomic mass is 10.1. The maximum Gasteiger partial charge on any atom is 0.412 e. The number of carbonyl (C=O) groups is 3. The highest BCUT2D eigenvalue weighted by molar-refractivity contribution is 6.09. The fourth-order valence-corrected chi connectivity index (χ4v) is 4.84. The molecule has 12 heteroatoms. The number of nitrogens with zero attached hydrogens (tertiary/aromatic N) is 3. The van der Waals surface area contributed by atoms with Crippen LogP contribution in [0.2, 0.25) is 0 Å². The van der Waals surface area contributed by atoms with Crippen molar-refractivity contribution in [3.63, 3.8) is 0 Å². The molecule has 2 amide bonds. The Bertz CT molecular complexity index is 1640. The van der Waals surface area contributed by atoms with E-state index < -0.39 is 6.09 Å². The van der Waals surface area contributed by atoms with Crippen LogP contribution in [0.3, 0.4) is 0 Å². The van der Waals surface area contributed by atoms with Gasteiger partial charge < -0.3 is 19.8 Å². The van der Waals surface area contributed by atoms with E-state index in [2.05, 4.69) is 27.5 Å². The molecule has 4 N–H and O–H groups in total. The molecule has 4 rings (SSSR count). The van der Waals surface area contributed by atoms with Crippen LogP contribution >= 0.6 is 0 Å². The van der Waals surface area contributed by atoms with Gasteiger partial charge >= 0.3 is 12.1 Å². The molecule has 2 heterocycles. The summed E-state index contributed by atoms with van der Waals surface area (Å²) in [6, 6.07) is 16.0. The highest BCUT2D eigenvalue weighted by Gasteiger charge is 2.23. The van der Waals surface area contributed by atoms with Crippen LogP contribution in [0.15, 0.2) is 60.8 Å². The van der Waals surface area contributed by atoms with Gasteiger partial charge in [0.05, 0.1) is 37.2 Å². The Hall–Kier alpha value is -5.26. The lowest BCUT2D eigenvalue weighted by Crippen LogP contribution is -2.34. The number of nitrogens with one attached hydrogen (secondary N) is 4. The number of benzene rings is 2. The molecule has 0 radical (unpaired) electrons. The first-order valence-corrected chi connectivity index (χ1v) is 15.5. The Morgan fingerprint density at radius 3 is 2.50 bits per heavy atom. The first-order valence-electron chi connectivity index (χ1n) is 15.5. The van der Waals surface area contributed by atoms with Crippen molar-refractivity contribution in [3.05, 3.63) is 83.3 Å². The van der Waals surface area contributed by atoms with E-state index in [0.29, 0.717) is 47.0 Å². The molecule has 2 aromatic heterocycles. The van der Waals surface area contributed by atoms with Gasteiger partial charge in [0, 0.05) is 29.6 Å². The van der Waals surface area contributed by atoms with E-state index in [0.717, 1.165) is 36.9 Å². The molecule has 0 atom stereocenters. The standard InChI is InChI=1S/C34H41N7O5/c1-4-6-7-10-21-46-34(44)40-32(35)24-12-14-25(15-13-24)37-22-28-38-27-17-16-26(23(3)31(27)39-28)33(43)41(20-18-30(42)45-5-2)29-11-8-9-19-36-29/h8-9,11-17,19,37H,4-7,10,18,20-22H2,1-3H3,(H,38,39)(H2,35,40,44). The third-order valence-electron chi connectivity index (χ3n) is 7.29. The molecule has 0 aliphatic heterocycles. The molecule has 0 spiro atoms. The van der Waals surface area contributed by atoms with E-state index in [1.165, 1.54) is 4.90 Å². The van der Waals surface area contributed by atoms with Crippen LogP contribution in [-0.4, -0.2) is 58.5 Å². The van der Waals surface area contributed by atoms with Crippen LogP contribution in [0.5, 0.6) is 0 Å². The van der Waals surface area contributed by atoms with Gasteiger partial charge in [-0.1, -0.05) is 32.3 Å². The summed E-state index contributed by atoms with van der Waals surface area (Å²) in [5, 5.41) is 13.9. The number of fused-ring (bicyclic) bond motifs is 1. The lowest BCUT2D eigenvalue weighted by molar-refractivity contribution is -0.142. The summed E-state index contributed by atoms with van der Waals surface area (Å²) in [5.74, 6) is 0.409. The summed E-state index contributed by atoms with van der Waals surface area (Å²) in [4.78, 5) is 51.6. The van der Waals surface area contributed by atoms with Crippen LogP contribution < -0.4 is 15.5 Å². The quantitative estimate of drug-likeness (QED) is 0.0531. The van der Waals surface area contributed by atoms with Crippen molar-refractivity contribution in [3.8, 4) is 0 Å². The van der Waals surface area contributed by atoms with Gasteiger partial charge in [-0.15, -0.1) is 0 Å². The highest BCUT2D eigenvalue weighted by Crippen LogP contribution is 2.24. The molecule has 0 bridgehead atoms. The predicted octanol–water partition coefficient (Wildman–Crippen LogP) is 6.11. The van der Waals surface area contributed by atoms with Crippen molar-refractivity contribution in [2.24, 2.45) is 0 Å². The Morgan fingerprint density at radius 1 is 0.978 bits per heavy atom. The number of aryl methyl sites for hydroxylation is 1. The second-order valence-electron chi connectivity index (χ2n) is 10.6. The average Bonchev–Trinajstić information content (AvgIpc) is 3.49. The number of carbonyl (C=O) groups excluding carboxylic acids is 3. The number of ether oxygens (including phenoxy) is 2. The zero-order valence-electron chi connectivity index (χ0n) is 26.5. The number of imidazole rings is 1. The van der Waals surface area contributed by atoms with Gasteiger partial charge in [-0.25, -0.2) is 14.8 Å². The maximum absolute atomic E-state index is 13.8. The van der Waals surface area contributed by atoms with Crippen molar-refractivity contribution < 1.29 is 23.9 Å². The van der Waals surface area contributed by atoms with Crippen LogP contribution in [0.4, 0.5) is 16.3 Å². The van der Waals surface area contributed by atoms with E-state index >= 15 is 0 Å². The third-order valence-corrected chi connectivity index (χ3v) is 7.29. The molecule has 12 nitrogen and oxygen atoms in total. The Kier molecular flexibility index (Phi) is 12.2. The van der Waals surface area contributed by atoms with Gasteiger partial charge in [-0.3, -0.25) is 25.2 Å². The number of alkyl carbamates (subject to hydrolysis) is 1. The molecule has 0 saturated heterocycles. The first kappa shape index (κ1) is 33.6. The number of rotatable bonds is 15. The van der Waals surface area contributed by atoms with Crippen molar-refractivity contribution >= 4 is 46.3 Å². The minimum atomic E-state index is -0.630. The average molecular weight is 628 g/mol. The van der Waals surface area contributed by atoms with E-state index in [1.54, 1.807) is 49.5 Å². The second kappa shape index (κ2) is 16.7. The molecule has 0 aliphatic rings. The van der Waals surface area contributed by atoms with Crippen molar-refractivity contribution in [1.82, 2.24) is 20.3 Å². The summed E-state index contributed by atoms with van der Waals surface area (Å²) < 4.78 is 10.2. The monoisotopic (exact) mass is 627 g/mol. The second-order valence-corrected chi connectivity index (χ2v) is 10.6. The molecule has 0 aliphatic carbocycles. The minimum Gasteiger partial charge on any atom is -0.466 e. The number of amidine groups is 1. The van der Waals surface area contributed by atoms with E-state index in [9.17, 15) is 14.4 Å². The van der Waals surface area contributed by atoms with E-state index in [4.69, 9.17) is 19.9 Å². The van der Waals surface area contributed by atoms with Gasteiger partial charge in [0.25, 0.3) is 5.91 Å². The number of aromatic amines is 1. The van der Waals surface area contributed by atoms with E-state index in [1.807, 2.05) is 25.1 Å². The lowest BCUT2D eigenvalue weighted by Gasteiger charge is -2.22. The molecular weight excluding hydrogens is 586 g/mol. The smallest absolute Gasteiger partial charge is 0.412 e.